The van der Waals surface area contributed by atoms with E-state index in [-0.39, 0.29) is 24.2 Å². The van der Waals surface area contributed by atoms with Gasteiger partial charge in [-0.05, 0) is 23.6 Å². The first-order valence-electron chi connectivity index (χ1n) is 9.41. The summed E-state index contributed by atoms with van der Waals surface area (Å²) < 4.78 is 5.52. The summed E-state index contributed by atoms with van der Waals surface area (Å²) in [5.41, 5.74) is 1.10. The lowest BCUT2D eigenvalue weighted by molar-refractivity contribution is 0.0794. The minimum absolute atomic E-state index is 0.164. The van der Waals surface area contributed by atoms with Crippen molar-refractivity contribution in [2.45, 2.75) is 20.4 Å². The number of furan rings is 1. The zero-order valence-electron chi connectivity index (χ0n) is 17.0. The van der Waals surface area contributed by atoms with Crippen LogP contribution in [0.5, 0.6) is 0 Å². The second-order valence-corrected chi connectivity index (χ2v) is 7.24. The molecule has 6 heteroatoms. The molecule has 1 heterocycles. The molecule has 28 heavy (non-hydrogen) atoms. The molecule has 2 aromatic rings. The summed E-state index contributed by atoms with van der Waals surface area (Å²) in [4.78, 5) is 27.7. The van der Waals surface area contributed by atoms with E-state index in [1.165, 1.54) is 4.90 Å². The summed E-state index contributed by atoms with van der Waals surface area (Å²) >= 11 is 0. The second-order valence-electron chi connectivity index (χ2n) is 7.24. The van der Waals surface area contributed by atoms with Gasteiger partial charge >= 0.3 is 6.03 Å². The third-order valence-corrected chi connectivity index (χ3v) is 4.00. The van der Waals surface area contributed by atoms with Crippen LogP contribution in [0, 0.1) is 5.92 Å². The van der Waals surface area contributed by atoms with Crippen molar-refractivity contribution in [2.24, 2.45) is 5.92 Å². The summed E-state index contributed by atoms with van der Waals surface area (Å²) in [5, 5.41) is 2.87. The van der Waals surface area contributed by atoms with Crippen molar-refractivity contribution < 1.29 is 14.0 Å². The van der Waals surface area contributed by atoms with Crippen molar-refractivity contribution in [3.63, 3.8) is 0 Å². The molecule has 0 aliphatic carbocycles. The third-order valence-electron chi connectivity index (χ3n) is 4.00. The van der Waals surface area contributed by atoms with Gasteiger partial charge < -0.3 is 19.5 Å². The average molecular weight is 383 g/mol. The maximum atomic E-state index is 12.6. The number of nitrogens with one attached hydrogen (secondary N) is 1. The number of nitrogens with zero attached hydrogens (tertiary/aromatic N) is 2. The predicted octanol–water partition coefficient (Wildman–Crippen LogP) is 3.86. The first-order chi connectivity index (χ1) is 13.4. The Morgan fingerprint density at radius 3 is 2.46 bits per heavy atom. The summed E-state index contributed by atoms with van der Waals surface area (Å²) in [6, 6.07) is 13.1. The monoisotopic (exact) mass is 383 g/mol. The molecule has 1 N–H and O–H groups in total. The molecule has 1 aromatic carbocycles. The number of hydrogen-bond donors (Lipinski definition) is 1. The Kier molecular flexibility index (Phi) is 7.87. The van der Waals surface area contributed by atoms with Gasteiger partial charge in [0.25, 0.3) is 5.91 Å². The highest BCUT2D eigenvalue weighted by Gasteiger charge is 2.16. The van der Waals surface area contributed by atoms with Gasteiger partial charge in [0.15, 0.2) is 5.76 Å². The maximum Gasteiger partial charge on any atom is 0.318 e. The van der Waals surface area contributed by atoms with E-state index in [9.17, 15) is 9.59 Å². The van der Waals surface area contributed by atoms with Crippen LogP contribution in [0.1, 0.15) is 35.7 Å². The fourth-order valence-electron chi connectivity index (χ4n) is 2.64. The van der Waals surface area contributed by atoms with E-state index in [1.807, 2.05) is 42.5 Å². The van der Waals surface area contributed by atoms with E-state index >= 15 is 0 Å². The quantitative estimate of drug-likeness (QED) is 0.753. The van der Waals surface area contributed by atoms with Gasteiger partial charge in [0, 0.05) is 27.2 Å². The predicted molar refractivity (Wildman–Crippen MR) is 111 cm³/mol. The van der Waals surface area contributed by atoms with Gasteiger partial charge in [-0.3, -0.25) is 4.79 Å². The molecule has 6 nitrogen and oxygen atoms in total. The molecule has 0 bridgehead atoms. The Hall–Kier alpha value is -3.02. The van der Waals surface area contributed by atoms with Gasteiger partial charge in [0.05, 0.1) is 6.54 Å². The fourth-order valence-corrected chi connectivity index (χ4v) is 2.64. The lowest BCUT2D eigenvalue weighted by Gasteiger charge is -2.23. The number of rotatable bonds is 8. The van der Waals surface area contributed by atoms with E-state index in [1.54, 1.807) is 31.1 Å². The molecule has 1 aromatic heterocycles. The Balaban J connectivity index is 1.93. The lowest BCUT2D eigenvalue weighted by Crippen LogP contribution is -2.41. The number of carbonyl (C=O) groups excluding carboxylic acids is 2. The van der Waals surface area contributed by atoms with Gasteiger partial charge in [-0.1, -0.05) is 56.3 Å². The Morgan fingerprint density at radius 1 is 1.11 bits per heavy atom. The highest BCUT2D eigenvalue weighted by Crippen LogP contribution is 2.10. The Morgan fingerprint density at radius 2 is 1.82 bits per heavy atom. The Labute approximate surface area is 166 Å². The summed E-state index contributed by atoms with van der Waals surface area (Å²) in [7, 11) is 3.33. The highest BCUT2D eigenvalue weighted by atomic mass is 16.4. The SMILES string of the molecule is CC(C)CN(CC=Cc1ccccc1)C(=O)NCc1ccc(C(=O)N(C)C)o1. The number of amides is 3. The van der Waals surface area contributed by atoms with Crippen molar-refractivity contribution in [3.8, 4) is 0 Å². The van der Waals surface area contributed by atoms with E-state index in [0.29, 0.717) is 24.8 Å². The van der Waals surface area contributed by atoms with Crippen LogP contribution in [0.4, 0.5) is 4.79 Å². The van der Waals surface area contributed by atoms with Crippen LogP contribution in [0.3, 0.4) is 0 Å². The zero-order chi connectivity index (χ0) is 20.5. The number of urea groups is 1. The van der Waals surface area contributed by atoms with E-state index in [2.05, 4.69) is 19.2 Å². The maximum absolute atomic E-state index is 12.6. The third kappa shape index (κ3) is 6.61. The molecule has 0 saturated carbocycles. The van der Waals surface area contributed by atoms with Crippen molar-refractivity contribution in [2.75, 3.05) is 27.2 Å². The molecule has 150 valence electrons. The zero-order valence-corrected chi connectivity index (χ0v) is 17.0. The van der Waals surface area contributed by atoms with Crippen molar-refractivity contribution in [1.29, 1.82) is 0 Å². The molecule has 0 fully saturated rings. The Bertz CT molecular complexity index is 794. The number of carbonyl (C=O) groups is 2. The molecule has 0 unspecified atom stereocenters. The minimum Gasteiger partial charge on any atom is -0.454 e. The molecule has 0 aliphatic rings. The molecular weight excluding hydrogens is 354 g/mol. The molecule has 0 radical (unpaired) electrons. The number of benzene rings is 1. The van der Waals surface area contributed by atoms with Crippen LogP contribution < -0.4 is 5.32 Å². The second kappa shape index (κ2) is 10.3. The molecule has 0 spiro atoms. The van der Waals surface area contributed by atoms with Gasteiger partial charge in [0.1, 0.15) is 5.76 Å². The molecule has 0 aliphatic heterocycles. The summed E-state index contributed by atoms with van der Waals surface area (Å²) in [6.45, 7) is 5.55. The van der Waals surface area contributed by atoms with Gasteiger partial charge in [0.2, 0.25) is 0 Å². The first-order valence-corrected chi connectivity index (χ1v) is 9.41. The van der Waals surface area contributed by atoms with E-state index in [0.717, 1.165) is 5.56 Å². The van der Waals surface area contributed by atoms with Crippen LogP contribution in [0.2, 0.25) is 0 Å². The topological polar surface area (TPSA) is 65.8 Å². The largest absolute Gasteiger partial charge is 0.454 e. The van der Waals surface area contributed by atoms with Gasteiger partial charge in [-0.15, -0.1) is 0 Å². The first kappa shape index (κ1) is 21.3. The van der Waals surface area contributed by atoms with Crippen molar-refractivity contribution >= 4 is 18.0 Å². The highest BCUT2D eigenvalue weighted by molar-refractivity contribution is 5.91. The van der Waals surface area contributed by atoms with Crippen LogP contribution in [0.15, 0.2) is 53.0 Å². The van der Waals surface area contributed by atoms with Crippen LogP contribution in [-0.2, 0) is 6.54 Å². The van der Waals surface area contributed by atoms with Gasteiger partial charge in [-0.25, -0.2) is 4.79 Å². The van der Waals surface area contributed by atoms with Crippen LogP contribution in [-0.4, -0.2) is 48.9 Å². The number of hydrogen-bond acceptors (Lipinski definition) is 3. The lowest BCUT2D eigenvalue weighted by atomic mass is 10.2. The van der Waals surface area contributed by atoms with Crippen molar-refractivity contribution in [1.82, 2.24) is 15.1 Å². The fraction of sp³-hybridized carbons (Fsp3) is 0.364. The summed E-state index contributed by atoms with van der Waals surface area (Å²) in [6.07, 6.45) is 3.99. The molecule has 0 atom stereocenters. The van der Waals surface area contributed by atoms with Crippen LogP contribution >= 0.6 is 0 Å². The van der Waals surface area contributed by atoms with E-state index < -0.39 is 0 Å². The van der Waals surface area contributed by atoms with E-state index in [4.69, 9.17) is 4.42 Å². The van der Waals surface area contributed by atoms with Gasteiger partial charge in [-0.2, -0.15) is 0 Å². The van der Waals surface area contributed by atoms with Crippen molar-refractivity contribution in [3.05, 3.63) is 65.6 Å². The molecular formula is C22H29N3O3. The normalized spacial score (nSPS) is 11.0. The van der Waals surface area contributed by atoms with Crippen LogP contribution in [0.25, 0.3) is 6.08 Å². The molecule has 2 rings (SSSR count). The summed E-state index contributed by atoms with van der Waals surface area (Å²) in [5.74, 6) is 0.954. The standard InChI is InChI=1S/C22H29N3O3/c1-17(2)16-25(14-8-11-18-9-6-5-7-10-18)22(27)23-15-19-12-13-20(28-19)21(26)24(3)4/h5-13,17H,14-16H2,1-4H3,(H,23,27). The smallest absolute Gasteiger partial charge is 0.318 e. The minimum atomic E-state index is -0.204. The molecule has 0 saturated heterocycles. The average Bonchev–Trinajstić information content (AvgIpc) is 3.14. The molecule has 3 amide bonds.